The first-order valence-electron chi connectivity index (χ1n) is 21.6. The van der Waals surface area contributed by atoms with Gasteiger partial charge in [0.15, 0.2) is 11.6 Å². The standard InChI is InChI=1S/C46H55F3N6O9/c1-6-33-36(48)12-11-30-23-32(63-37(56)28-61-22-21-60-20-19-59-18-17-58-5)24-34(38(30)33)40-39(49)41-35(26-50-40)42(54-15-8-7-9-16-55(54)44(57)64-45(2,3)4)52-43(51-41)62-29-46-13-10-14-53(46)27-31(47)25-46/h1,11-12,23-24,26,31H,7-10,13-22,25,27-29H2,2-5H3/t31-,46+/m1/s1. The number of halogens is 3. The first-order chi connectivity index (χ1) is 30.8. The summed E-state index contributed by atoms with van der Waals surface area (Å²) in [6.07, 6.45) is 9.59. The molecule has 344 valence electrons. The zero-order valence-corrected chi connectivity index (χ0v) is 36.8. The Morgan fingerprint density at radius 2 is 1.70 bits per heavy atom. The van der Waals surface area contributed by atoms with Crippen molar-refractivity contribution in [3.05, 3.63) is 47.7 Å². The second-order valence-electron chi connectivity index (χ2n) is 17.0. The summed E-state index contributed by atoms with van der Waals surface area (Å²) in [5.41, 5.74) is -2.04. The van der Waals surface area contributed by atoms with Gasteiger partial charge in [-0.05, 0) is 83.0 Å². The molecule has 64 heavy (non-hydrogen) atoms. The van der Waals surface area contributed by atoms with E-state index in [-0.39, 0.29) is 76.9 Å². The first kappa shape index (κ1) is 46.7. The van der Waals surface area contributed by atoms with Crippen LogP contribution in [0.2, 0.25) is 0 Å². The maximum absolute atomic E-state index is 17.6. The van der Waals surface area contributed by atoms with Gasteiger partial charge in [0.1, 0.15) is 47.8 Å². The monoisotopic (exact) mass is 892 g/mol. The van der Waals surface area contributed by atoms with Crippen molar-refractivity contribution in [3.8, 4) is 35.4 Å². The van der Waals surface area contributed by atoms with Gasteiger partial charge in [-0.25, -0.2) is 27.8 Å². The number of nitrogens with zero attached hydrogens (tertiary/aromatic N) is 6. The van der Waals surface area contributed by atoms with Gasteiger partial charge < -0.3 is 33.2 Å². The number of esters is 1. The van der Waals surface area contributed by atoms with E-state index in [9.17, 15) is 14.0 Å². The van der Waals surface area contributed by atoms with Crippen LogP contribution in [0.4, 0.5) is 23.8 Å². The summed E-state index contributed by atoms with van der Waals surface area (Å²) in [6, 6.07) is 5.25. The number of carbonyl (C=O) groups is 2. The molecule has 4 aromatic rings. The highest BCUT2D eigenvalue weighted by Gasteiger charge is 2.49. The number of amides is 1. The molecule has 0 bridgehead atoms. The summed E-state index contributed by atoms with van der Waals surface area (Å²) in [6.45, 7) is 8.52. The SMILES string of the molecule is C#Cc1c(F)ccc2cc(OC(=O)COCCOCCOCCOC)cc(-c3ncc4c(N5CCCCCN5C(=O)OC(C)(C)C)nc(OC[C@@]56CCCN5C[C@H](F)C6)nc4c3F)c12. The Morgan fingerprint density at radius 3 is 2.45 bits per heavy atom. The number of methoxy groups -OCH3 is 1. The number of hydrogen-bond donors (Lipinski definition) is 0. The van der Waals surface area contributed by atoms with E-state index >= 15 is 8.78 Å². The largest absolute Gasteiger partial charge is 0.461 e. The van der Waals surface area contributed by atoms with Crippen LogP contribution in [0.3, 0.4) is 0 Å². The fourth-order valence-electron chi connectivity index (χ4n) is 8.48. The number of fused-ring (bicyclic) bond motifs is 3. The van der Waals surface area contributed by atoms with Crippen LogP contribution in [0.25, 0.3) is 32.9 Å². The molecule has 3 fully saturated rings. The molecule has 15 nitrogen and oxygen atoms in total. The Bertz CT molecular complexity index is 2360. The van der Waals surface area contributed by atoms with Crippen LogP contribution in [-0.4, -0.2) is 140 Å². The minimum atomic E-state index is -1.01. The van der Waals surface area contributed by atoms with Gasteiger partial charge in [0.25, 0.3) is 0 Å². The number of hydrazine groups is 1. The van der Waals surface area contributed by atoms with E-state index in [1.807, 2.05) is 0 Å². The number of hydrogen-bond acceptors (Lipinski definition) is 14. The van der Waals surface area contributed by atoms with Crippen molar-refractivity contribution in [2.45, 2.75) is 76.6 Å². The lowest BCUT2D eigenvalue weighted by molar-refractivity contribution is -0.140. The predicted molar refractivity (Wildman–Crippen MR) is 231 cm³/mol. The van der Waals surface area contributed by atoms with E-state index in [0.717, 1.165) is 19.4 Å². The third-order valence-electron chi connectivity index (χ3n) is 11.3. The Morgan fingerprint density at radius 1 is 0.953 bits per heavy atom. The number of carbonyl (C=O) groups excluding carboxylic acids is 2. The quantitative estimate of drug-likeness (QED) is 0.0474. The van der Waals surface area contributed by atoms with Crippen LogP contribution in [0.1, 0.15) is 64.9 Å². The highest BCUT2D eigenvalue weighted by molar-refractivity contribution is 6.03. The summed E-state index contributed by atoms with van der Waals surface area (Å²) in [4.78, 5) is 42.8. The van der Waals surface area contributed by atoms with Crippen molar-refractivity contribution >= 4 is 39.6 Å². The van der Waals surface area contributed by atoms with Crippen molar-refractivity contribution in [2.75, 3.05) is 91.2 Å². The molecule has 0 saturated carbocycles. The average molecular weight is 893 g/mol. The summed E-state index contributed by atoms with van der Waals surface area (Å²) in [5, 5.41) is 3.71. The molecule has 3 aliphatic rings. The van der Waals surface area contributed by atoms with Gasteiger partial charge in [0.2, 0.25) is 0 Å². The van der Waals surface area contributed by atoms with E-state index in [0.29, 0.717) is 70.7 Å². The van der Waals surface area contributed by atoms with Crippen molar-refractivity contribution < 1.29 is 55.9 Å². The van der Waals surface area contributed by atoms with Crippen molar-refractivity contribution in [3.63, 3.8) is 0 Å². The minimum Gasteiger partial charge on any atom is -0.461 e. The first-order valence-corrected chi connectivity index (χ1v) is 21.6. The summed E-state index contributed by atoms with van der Waals surface area (Å²) in [5.74, 6) is 0.0799. The molecule has 2 aromatic heterocycles. The van der Waals surface area contributed by atoms with Gasteiger partial charge in [-0.15, -0.1) is 6.42 Å². The predicted octanol–water partition coefficient (Wildman–Crippen LogP) is 6.80. The number of anilines is 1. The molecule has 1 amide bonds. The maximum Gasteiger partial charge on any atom is 0.429 e. The topological polar surface area (TPSA) is 147 Å². The molecule has 3 aliphatic heterocycles. The van der Waals surface area contributed by atoms with E-state index in [2.05, 4.69) is 20.8 Å². The second kappa shape index (κ2) is 20.7. The number of pyridine rings is 1. The van der Waals surface area contributed by atoms with Gasteiger partial charge >= 0.3 is 18.1 Å². The minimum absolute atomic E-state index is 0.00972. The van der Waals surface area contributed by atoms with Crippen molar-refractivity contribution in [1.82, 2.24) is 24.9 Å². The van der Waals surface area contributed by atoms with Crippen molar-refractivity contribution in [2.24, 2.45) is 0 Å². The van der Waals surface area contributed by atoms with Gasteiger partial charge in [0.05, 0.1) is 56.1 Å². The Hall–Kier alpha value is -5.32. The third kappa shape index (κ3) is 10.8. The molecule has 7 rings (SSSR count). The van der Waals surface area contributed by atoms with E-state index < -0.39 is 47.6 Å². The summed E-state index contributed by atoms with van der Waals surface area (Å²) >= 11 is 0. The molecule has 2 aromatic carbocycles. The maximum atomic E-state index is 17.6. The fraction of sp³-hybridized carbons (Fsp3) is 0.543. The molecule has 0 radical (unpaired) electrons. The molecule has 0 spiro atoms. The van der Waals surface area contributed by atoms with E-state index in [1.54, 1.807) is 32.9 Å². The highest BCUT2D eigenvalue weighted by atomic mass is 19.1. The van der Waals surface area contributed by atoms with Crippen LogP contribution in [-0.2, 0) is 28.5 Å². The lowest BCUT2D eigenvalue weighted by Gasteiger charge is -2.36. The van der Waals surface area contributed by atoms with Crippen LogP contribution in [0.5, 0.6) is 11.8 Å². The fourth-order valence-corrected chi connectivity index (χ4v) is 8.48. The second-order valence-corrected chi connectivity index (χ2v) is 17.0. The molecular weight excluding hydrogens is 838 g/mol. The van der Waals surface area contributed by atoms with Crippen LogP contribution in [0, 0.1) is 24.0 Å². The van der Waals surface area contributed by atoms with Gasteiger partial charge in [0, 0.05) is 50.3 Å². The van der Waals surface area contributed by atoms with E-state index in [1.165, 1.54) is 35.5 Å². The van der Waals surface area contributed by atoms with Crippen LogP contribution in [0.15, 0.2) is 30.5 Å². The zero-order chi connectivity index (χ0) is 45.4. The zero-order valence-electron chi connectivity index (χ0n) is 36.8. The number of rotatable bonds is 17. The molecule has 18 heteroatoms. The summed E-state index contributed by atoms with van der Waals surface area (Å²) in [7, 11) is 1.59. The van der Waals surface area contributed by atoms with Crippen LogP contribution >= 0.6 is 0 Å². The molecule has 0 N–H and O–H groups in total. The lowest BCUT2D eigenvalue weighted by Crippen LogP contribution is -2.49. The number of aromatic nitrogens is 3. The third-order valence-corrected chi connectivity index (χ3v) is 11.3. The van der Waals surface area contributed by atoms with Crippen LogP contribution < -0.4 is 14.5 Å². The average Bonchev–Trinajstić information content (AvgIpc) is 3.66. The van der Waals surface area contributed by atoms with Gasteiger partial charge in [-0.1, -0.05) is 12.0 Å². The van der Waals surface area contributed by atoms with Gasteiger partial charge in [-0.2, -0.15) is 9.97 Å². The molecule has 0 aliphatic carbocycles. The number of terminal acetylenes is 1. The Kier molecular flexibility index (Phi) is 15.1. The normalized spacial score (nSPS) is 19.2. The number of ether oxygens (including phenoxy) is 7. The molecule has 5 heterocycles. The Labute approximate surface area is 370 Å². The van der Waals surface area contributed by atoms with Gasteiger partial charge in [-0.3, -0.25) is 14.9 Å². The molecule has 3 saturated heterocycles. The lowest BCUT2D eigenvalue weighted by atomic mass is 9.95. The van der Waals surface area contributed by atoms with Crippen molar-refractivity contribution in [1.29, 1.82) is 0 Å². The smallest absolute Gasteiger partial charge is 0.429 e. The summed E-state index contributed by atoms with van der Waals surface area (Å²) < 4.78 is 86.7. The molecular formula is C46H55F3N6O9. The number of benzene rings is 2. The molecule has 0 unspecified atom stereocenters. The molecule has 2 atom stereocenters. The Balaban J connectivity index is 1.25. The highest BCUT2D eigenvalue weighted by Crippen LogP contribution is 2.42. The number of alkyl halides is 1. The van der Waals surface area contributed by atoms with E-state index in [4.69, 9.17) is 44.6 Å².